The van der Waals surface area contributed by atoms with Crippen LogP contribution >= 0.6 is 0 Å². The molecule has 0 spiro atoms. The zero-order valence-corrected chi connectivity index (χ0v) is 10.5. The molecular weight excluding hydrogens is 232 g/mol. The lowest BCUT2D eigenvalue weighted by atomic mass is 10.4. The van der Waals surface area contributed by atoms with Gasteiger partial charge in [0.15, 0.2) is 11.5 Å². The molecule has 0 aromatic carbocycles. The number of aromatic nitrogens is 3. The van der Waals surface area contributed by atoms with Crippen LogP contribution in [0.5, 0.6) is 0 Å². The number of anilines is 1. The standard InChI is InChI=1S/C12H14N4O2/c1-8-4-5-9(2)16(8)15-11-7-13-6-10(14-11)12(17)18-3/h4-7H,1-3H3,(H,14,15). The highest BCUT2D eigenvalue weighted by Crippen LogP contribution is 2.09. The van der Waals surface area contributed by atoms with E-state index < -0.39 is 5.97 Å². The van der Waals surface area contributed by atoms with E-state index in [1.165, 1.54) is 13.3 Å². The molecule has 0 saturated carbocycles. The normalized spacial score (nSPS) is 10.2. The molecule has 94 valence electrons. The summed E-state index contributed by atoms with van der Waals surface area (Å²) in [5.41, 5.74) is 5.33. The molecule has 0 atom stereocenters. The van der Waals surface area contributed by atoms with Crippen LogP contribution in [0.4, 0.5) is 5.82 Å². The van der Waals surface area contributed by atoms with Crippen LogP contribution in [-0.2, 0) is 4.74 Å². The molecule has 0 aliphatic rings. The lowest BCUT2D eigenvalue weighted by Gasteiger charge is -2.11. The predicted molar refractivity (Wildman–Crippen MR) is 66.3 cm³/mol. The molecule has 0 aliphatic carbocycles. The first-order chi connectivity index (χ1) is 8.61. The van der Waals surface area contributed by atoms with E-state index >= 15 is 0 Å². The van der Waals surface area contributed by atoms with Gasteiger partial charge in [-0.15, -0.1) is 0 Å². The van der Waals surface area contributed by atoms with Crippen molar-refractivity contribution < 1.29 is 9.53 Å². The number of carbonyl (C=O) groups excluding carboxylic acids is 1. The second kappa shape index (κ2) is 4.87. The first kappa shape index (κ1) is 12.1. The molecule has 6 heteroatoms. The van der Waals surface area contributed by atoms with E-state index in [0.29, 0.717) is 5.82 Å². The van der Waals surface area contributed by atoms with Gasteiger partial charge in [0.05, 0.1) is 19.5 Å². The van der Waals surface area contributed by atoms with Gasteiger partial charge in [0.1, 0.15) is 0 Å². The Hall–Kier alpha value is -2.37. The van der Waals surface area contributed by atoms with Crippen molar-refractivity contribution in [2.75, 3.05) is 12.5 Å². The summed E-state index contributed by atoms with van der Waals surface area (Å²) in [6.07, 6.45) is 2.91. The Morgan fingerprint density at radius 1 is 1.28 bits per heavy atom. The Kier molecular flexibility index (Phi) is 3.27. The summed E-state index contributed by atoms with van der Waals surface area (Å²) in [4.78, 5) is 19.4. The average Bonchev–Trinajstić information content (AvgIpc) is 2.70. The van der Waals surface area contributed by atoms with E-state index in [4.69, 9.17) is 0 Å². The summed E-state index contributed by atoms with van der Waals surface area (Å²) < 4.78 is 6.46. The zero-order chi connectivity index (χ0) is 13.1. The second-order valence-electron chi connectivity index (χ2n) is 3.84. The highest BCUT2D eigenvalue weighted by Gasteiger charge is 2.09. The van der Waals surface area contributed by atoms with Gasteiger partial charge in [-0.2, -0.15) is 0 Å². The zero-order valence-electron chi connectivity index (χ0n) is 10.5. The van der Waals surface area contributed by atoms with E-state index in [0.717, 1.165) is 11.4 Å². The van der Waals surface area contributed by atoms with Crippen LogP contribution in [0.1, 0.15) is 21.9 Å². The molecule has 2 rings (SSSR count). The van der Waals surface area contributed by atoms with Gasteiger partial charge in [-0.05, 0) is 26.0 Å². The van der Waals surface area contributed by atoms with Crippen molar-refractivity contribution in [3.05, 3.63) is 41.6 Å². The number of esters is 1. The third kappa shape index (κ3) is 2.32. The van der Waals surface area contributed by atoms with Crippen LogP contribution in [0, 0.1) is 13.8 Å². The second-order valence-corrected chi connectivity index (χ2v) is 3.84. The topological polar surface area (TPSA) is 69.0 Å². The fourth-order valence-electron chi connectivity index (χ4n) is 1.58. The van der Waals surface area contributed by atoms with Gasteiger partial charge in [0.25, 0.3) is 0 Å². The van der Waals surface area contributed by atoms with E-state index in [2.05, 4.69) is 20.1 Å². The first-order valence-electron chi connectivity index (χ1n) is 5.44. The Morgan fingerprint density at radius 3 is 2.56 bits per heavy atom. The van der Waals surface area contributed by atoms with Gasteiger partial charge in [0, 0.05) is 11.4 Å². The third-order valence-electron chi connectivity index (χ3n) is 2.53. The number of hydrogen-bond acceptors (Lipinski definition) is 5. The van der Waals surface area contributed by atoms with Crippen molar-refractivity contribution in [3.8, 4) is 0 Å². The molecule has 18 heavy (non-hydrogen) atoms. The maximum atomic E-state index is 11.3. The highest BCUT2D eigenvalue weighted by molar-refractivity contribution is 5.87. The number of methoxy groups -OCH3 is 1. The average molecular weight is 246 g/mol. The molecule has 6 nitrogen and oxygen atoms in total. The highest BCUT2D eigenvalue weighted by atomic mass is 16.5. The number of nitrogens with one attached hydrogen (secondary N) is 1. The molecular formula is C12H14N4O2. The number of hydrogen-bond donors (Lipinski definition) is 1. The number of nitrogens with zero attached hydrogens (tertiary/aromatic N) is 3. The van der Waals surface area contributed by atoms with Crippen LogP contribution in [0.2, 0.25) is 0 Å². The van der Waals surface area contributed by atoms with Crippen LogP contribution in [0.15, 0.2) is 24.5 Å². The van der Waals surface area contributed by atoms with Gasteiger partial charge in [-0.25, -0.2) is 9.78 Å². The number of carbonyl (C=O) groups is 1. The smallest absolute Gasteiger partial charge is 0.358 e. The van der Waals surface area contributed by atoms with Gasteiger partial charge in [-0.3, -0.25) is 15.1 Å². The van der Waals surface area contributed by atoms with Crippen LogP contribution in [-0.4, -0.2) is 27.7 Å². The van der Waals surface area contributed by atoms with Crippen molar-refractivity contribution in [2.24, 2.45) is 0 Å². The van der Waals surface area contributed by atoms with Crippen LogP contribution < -0.4 is 5.43 Å². The molecule has 0 saturated heterocycles. The summed E-state index contributed by atoms with van der Waals surface area (Å²) in [6.45, 7) is 3.94. The molecule has 0 radical (unpaired) electrons. The quantitative estimate of drug-likeness (QED) is 0.832. The SMILES string of the molecule is COC(=O)c1cncc(Nn2c(C)ccc2C)n1. The minimum absolute atomic E-state index is 0.171. The van der Waals surface area contributed by atoms with Crippen molar-refractivity contribution in [2.45, 2.75) is 13.8 Å². The molecule has 2 aromatic heterocycles. The fraction of sp³-hybridized carbons (Fsp3) is 0.250. The van der Waals surface area contributed by atoms with Gasteiger partial charge in [-0.1, -0.05) is 0 Å². The Balaban J connectivity index is 2.27. The Labute approximate surface area is 105 Å². The largest absolute Gasteiger partial charge is 0.464 e. The van der Waals surface area contributed by atoms with Gasteiger partial charge < -0.3 is 4.74 Å². The first-order valence-corrected chi connectivity index (χ1v) is 5.44. The molecule has 0 unspecified atom stereocenters. The Morgan fingerprint density at radius 2 is 1.94 bits per heavy atom. The molecule has 2 heterocycles. The Bertz CT molecular complexity index is 558. The maximum absolute atomic E-state index is 11.3. The van der Waals surface area contributed by atoms with Crippen LogP contribution in [0.3, 0.4) is 0 Å². The molecule has 0 bridgehead atoms. The molecule has 0 fully saturated rings. The summed E-state index contributed by atoms with van der Waals surface area (Å²) in [5.74, 6) is -0.0209. The molecule has 1 N–H and O–H groups in total. The van der Waals surface area contributed by atoms with Crippen molar-refractivity contribution in [1.29, 1.82) is 0 Å². The summed E-state index contributed by atoms with van der Waals surface area (Å²) >= 11 is 0. The summed E-state index contributed by atoms with van der Waals surface area (Å²) in [5, 5.41) is 0. The van der Waals surface area contributed by atoms with Crippen molar-refractivity contribution in [3.63, 3.8) is 0 Å². The van der Waals surface area contributed by atoms with Crippen molar-refractivity contribution >= 4 is 11.8 Å². The lowest BCUT2D eigenvalue weighted by Crippen LogP contribution is -2.15. The lowest BCUT2D eigenvalue weighted by molar-refractivity contribution is 0.0593. The molecule has 2 aromatic rings. The summed E-state index contributed by atoms with van der Waals surface area (Å²) in [6, 6.07) is 3.97. The molecule has 0 aliphatic heterocycles. The molecule has 0 amide bonds. The minimum Gasteiger partial charge on any atom is -0.464 e. The van der Waals surface area contributed by atoms with E-state index in [9.17, 15) is 4.79 Å². The van der Waals surface area contributed by atoms with E-state index in [1.807, 2.05) is 30.7 Å². The van der Waals surface area contributed by atoms with Crippen molar-refractivity contribution in [1.82, 2.24) is 14.6 Å². The van der Waals surface area contributed by atoms with E-state index in [1.54, 1.807) is 6.20 Å². The third-order valence-corrected chi connectivity index (χ3v) is 2.53. The van der Waals surface area contributed by atoms with Gasteiger partial charge >= 0.3 is 5.97 Å². The van der Waals surface area contributed by atoms with Gasteiger partial charge in [0.2, 0.25) is 0 Å². The van der Waals surface area contributed by atoms with E-state index in [-0.39, 0.29) is 5.69 Å². The monoisotopic (exact) mass is 246 g/mol. The number of rotatable bonds is 3. The predicted octanol–water partition coefficient (Wildman–Crippen LogP) is 1.56. The fourth-order valence-corrected chi connectivity index (χ4v) is 1.58. The number of ether oxygens (including phenoxy) is 1. The number of aryl methyl sites for hydroxylation is 2. The minimum atomic E-state index is -0.507. The van der Waals surface area contributed by atoms with Crippen LogP contribution in [0.25, 0.3) is 0 Å². The maximum Gasteiger partial charge on any atom is 0.358 e. The summed E-state index contributed by atoms with van der Waals surface area (Å²) in [7, 11) is 1.31.